The van der Waals surface area contributed by atoms with E-state index in [0.29, 0.717) is 11.3 Å². The number of nitrogens with two attached hydrogens (primary N) is 1. The molecule has 3 nitrogen and oxygen atoms in total. The summed E-state index contributed by atoms with van der Waals surface area (Å²) in [4.78, 5) is 0. The molecule has 4 fully saturated rings. The largest absolute Gasteiger partial charge is 0.475 e. The lowest BCUT2D eigenvalue weighted by atomic mass is 9.43. The van der Waals surface area contributed by atoms with Gasteiger partial charge in [0, 0.05) is 5.94 Å². The molecule has 2 bridgehead atoms. The average Bonchev–Trinajstić information content (AvgIpc) is 2.85. The highest BCUT2D eigenvalue weighted by Gasteiger charge is 2.68. The van der Waals surface area contributed by atoms with Crippen LogP contribution in [0.25, 0.3) is 0 Å². The average molecular weight is 299 g/mol. The van der Waals surface area contributed by atoms with Crippen LogP contribution >= 0.6 is 0 Å². The monoisotopic (exact) mass is 299 g/mol. The Hall–Kier alpha value is -0.835. The van der Waals surface area contributed by atoms with Crippen LogP contribution < -0.4 is 5.73 Å². The first-order valence-electron chi connectivity index (χ1n) is 8.54. The van der Waals surface area contributed by atoms with Crippen molar-refractivity contribution in [2.24, 2.45) is 23.0 Å². The van der Waals surface area contributed by atoms with Gasteiger partial charge in [-0.3, -0.25) is 0 Å². The highest BCUT2D eigenvalue weighted by atomic mass is 16.7. The van der Waals surface area contributed by atoms with Gasteiger partial charge in [-0.15, -0.1) is 0 Å². The molecule has 5 atom stereocenters. The van der Waals surface area contributed by atoms with E-state index in [9.17, 15) is 0 Å². The van der Waals surface area contributed by atoms with Crippen molar-refractivity contribution in [3.05, 3.63) is 35.9 Å². The van der Waals surface area contributed by atoms with Crippen LogP contribution in [-0.4, -0.2) is 24.8 Å². The summed E-state index contributed by atoms with van der Waals surface area (Å²) in [5.41, 5.74) is 7.87. The molecule has 0 spiro atoms. The topological polar surface area (TPSA) is 44.5 Å². The van der Waals surface area contributed by atoms with Crippen molar-refractivity contribution in [3.8, 4) is 0 Å². The van der Waals surface area contributed by atoms with Crippen molar-refractivity contribution in [2.75, 3.05) is 0 Å². The number of hydrogen-bond donors (Lipinski definition) is 1. The minimum absolute atomic E-state index is 0.106. The summed E-state index contributed by atoms with van der Waals surface area (Å²) in [6, 6.07) is 10.4. The van der Waals surface area contributed by atoms with E-state index in [2.05, 4.69) is 45.0 Å². The van der Waals surface area contributed by atoms with Gasteiger partial charge in [0.25, 0.3) is 0 Å². The quantitative estimate of drug-likeness (QED) is 0.873. The molecule has 1 aromatic rings. The Balaban J connectivity index is 1.48. The highest BCUT2D eigenvalue weighted by molar-refractivity contribution is 6.47. The van der Waals surface area contributed by atoms with Gasteiger partial charge >= 0.3 is 7.12 Å². The molecule has 0 unspecified atom stereocenters. The molecular weight excluding hydrogens is 273 g/mol. The first-order valence-corrected chi connectivity index (χ1v) is 8.54. The Bertz CT molecular complexity index is 563. The van der Waals surface area contributed by atoms with Crippen molar-refractivity contribution < 1.29 is 9.31 Å². The second-order valence-corrected chi connectivity index (χ2v) is 8.19. The third-order valence-electron chi connectivity index (χ3n) is 6.63. The normalized spacial score (nSPS) is 40.0. The smallest absolute Gasteiger partial charge is 0.404 e. The van der Waals surface area contributed by atoms with Crippen LogP contribution in [0, 0.1) is 17.3 Å². The van der Waals surface area contributed by atoms with Gasteiger partial charge in [-0.05, 0) is 49.0 Å². The Labute approximate surface area is 133 Å². The summed E-state index contributed by atoms with van der Waals surface area (Å²) in [6.45, 7) is 7.01. The van der Waals surface area contributed by atoms with Crippen molar-refractivity contribution in [1.29, 1.82) is 0 Å². The van der Waals surface area contributed by atoms with Gasteiger partial charge in [-0.1, -0.05) is 44.2 Å². The molecule has 118 valence electrons. The molecular formula is C18H26BNO2. The van der Waals surface area contributed by atoms with Gasteiger partial charge in [0.2, 0.25) is 0 Å². The Morgan fingerprint density at radius 3 is 2.64 bits per heavy atom. The van der Waals surface area contributed by atoms with Crippen LogP contribution in [0.15, 0.2) is 30.3 Å². The first-order chi connectivity index (χ1) is 10.4. The molecule has 1 saturated heterocycles. The summed E-state index contributed by atoms with van der Waals surface area (Å²) in [5, 5.41) is 0. The molecule has 2 N–H and O–H groups in total. The predicted molar refractivity (Wildman–Crippen MR) is 88.2 cm³/mol. The molecule has 22 heavy (non-hydrogen) atoms. The van der Waals surface area contributed by atoms with E-state index >= 15 is 0 Å². The van der Waals surface area contributed by atoms with E-state index in [4.69, 9.17) is 15.0 Å². The molecule has 0 aromatic heterocycles. The second kappa shape index (κ2) is 4.83. The van der Waals surface area contributed by atoms with Crippen LogP contribution in [0.5, 0.6) is 0 Å². The zero-order valence-corrected chi connectivity index (χ0v) is 13.8. The van der Waals surface area contributed by atoms with Crippen LogP contribution in [0.1, 0.15) is 39.2 Å². The number of benzene rings is 1. The van der Waals surface area contributed by atoms with Crippen molar-refractivity contribution >= 4 is 7.12 Å². The first kappa shape index (κ1) is 14.7. The lowest BCUT2D eigenvalue weighted by Crippen LogP contribution is -2.65. The lowest BCUT2D eigenvalue weighted by Gasteiger charge is -2.64. The maximum Gasteiger partial charge on any atom is 0.475 e. The van der Waals surface area contributed by atoms with E-state index in [1.165, 1.54) is 12.0 Å². The van der Waals surface area contributed by atoms with Gasteiger partial charge < -0.3 is 15.0 Å². The molecule has 4 aliphatic rings. The van der Waals surface area contributed by atoms with E-state index in [1.54, 1.807) is 0 Å². The fraction of sp³-hybridized carbons (Fsp3) is 0.667. The Morgan fingerprint density at radius 2 is 1.95 bits per heavy atom. The third-order valence-corrected chi connectivity index (χ3v) is 6.63. The summed E-state index contributed by atoms with van der Waals surface area (Å²) in [5.74, 6) is 1.27. The Morgan fingerprint density at radius 1 is 1.23 bits per heavy atom. The molecule has 3 aliphatic carbocycles. The second-order valence-electron chi connectivity index (χ2n) is 8.19. The fourth-order valence-corrected chi connectivity index (χ4v) is 5.06. The minimum atomic E-state index is -0.273. The van der Waals surface area contributed by atoms with Crippen molar-refractivity contribution in [3.63, 3.8) is 0 Å². The molecule has 5 rings (SSSR count). The maximum atomic E-state index is 6.43. The zero-order valence-electron chi connectivity index (χ0n) is 13.8. The van der Waals surface area contributed by atoms with Gasteiger partial charge in [0.05, 0.1) is 11.7 Å². The highest BCUT2D eigenvalue weighted by Crippen LogP contribution is 2.65. The van der Waals surface area contributed by atoms with Crippen LogP contribution in [-0.2, 0) is 15.7 Å². The van der Waals surface area contributed by atoms with Gasteiger partial charge in [0.1, 0.15) is 0 Å². The summed E-state index contributed by atoms with van der Waals surface area (Å²) in [6.07, 6.45) is 3.42. The fourth-order valence-electron chi connectivity index (χ4n) is 5.06. The van der Waals surface area contributed by atoms with E-state index in [-0.39, 0.29) is 24.8 Å². The van der Waals surface area contributed by atoms with Crippen molar-refractivity contribution in [1.82, 2.24) is 0 Å². The Kier molecular flexibility index (Phi) is 3.23. The summed E-state index contributed by atoms with van der Waals surface area (Å²) in [7, 11) is -0.273. The standard InChI is InChI=1S/C18H26BNO2/c1-17(2)13-10-14(17)18(3)15(11-13)21-19(22-18)16(20)9-12-7-5-4-6-8-12/h4-8,13-16H,9-11,20H2,1-3H3/t13-,14+,15-,16-,18+/m0/s1. The number of rotatable bonds is 3. The third kappa shape index (κ3) is 2.00. The van der Waals surface area contributed by atoms with Crippen molar-refractivity contribution in [2.45, 2.75) is 57.7 Å². The molecule has 0 amide bonds. The van der Waals surface area contributed by atoms with E-state index in [0.717, 1.165) is 18.8 Å². The molecule has 1 aliphatic heterocycles. The van der Waals surface area contributed by atoms with Crippen LogP contribution in [0.3, 0.4) is 0 Å². The summed E-state index contributed by atoms with van der Waals surface area (Å²) < 4.78 is 12.7. The van der Waals surface area contributed by atoms with E-state index in [1.807, 2.05) is 6.07 Å². The molecule has 3 saturated carbocycles. The van der Waals surface area contributed by atoms with Gasteiger partial charge in [0.15, 0.2) is 0 Å². The number of hydrogen-bond acceptors (Lipinski definition) is 3. The molecule has 4 heteroatoms. The predicted octanol–water partition coefficient (Wildman–Crippen LogP) is 2.82. The van der Waals surface area contributed by atoms with Gasteiger partial charge in [-0.25, -0.2) is 0 Å². The molecule has 1 aromatic carbocycles. The zero-order chi connectivity index (χ0) is 15.5. The lowest BCUT2D eigenvalue weighted by molar-refractivity contribution is -0.199. The maximum absolute atomic E-state index is 6.43. The van der Waals surface area contributed by atoms with E-state index < -0.39 is 0 Å². The SMILES string of the molecule is CC1(C)[C@@H]2C[C@@H]3OB([C@@H](N)Cc4ccccc4)O[C@]3(C)[C@@H]1C2. The molecule has 0 radical (unpaired) electrons. The van der Waals surface area contributed by atoms with Gasteiger partial charge in [-0.2, -0.15) is 0 Å². The minimum Gasteiger partial charge on any atom is -0.404 e. The molecule has 1 heterocycles. The van der Waals surface area contributed by atoms with Crippen LogP contribution in [0.2, 0.25) is 0 Å². The van der Waals surface area contributed by atoms with Crippen LogP contribution in [0.4, 0.5) is 0 Å². The summed E-state index contributed by atoms with van der Waals surface area (Å²) >= 11 is 0.